The molecule has 0 aliphatic rings. The molecule has 0 saturated carbocycles. The summed E-state index contributed by atoms with van der Waals surface area (Å²) in [7, 11) is 0. The fraction of sp³-hybridized carbons (Fsp3) is 0.286. The van der Waals surface area contributed by atoms with Crippen molar-refractivity contribution in [3.63, 3.8) is 0 Å². The van der Waals surface area contributed by atoms with Crippen LogP contribution < -0.4 is 5.73 Å². The van der Waals surface area contributed by atoms with Crippen molar-refractivity contribution in [2.24, 2.45) is 5.73 Å². The van der Waals surface area contributed by atoms with E-state index in [0.717, 1.165) is 6.42 Å². The lowest BCUT2D eigenvalue weighted by atomic mass is 10.2. The molecule has 0 fully saturated rings. The van der Waals surface area contributed by atoms with Crippen molar-refractivity contribution in [2.75, 3.05) is 6.54 Å². The lowest BCUT2D eigenvalue weighted by Gasteiger charge is -2.09. The largest absolute Gasteiger partial charge is 0.356 e. The molecule has 0 aliphatic heterocycles. The van der Waals surface area contributed by atoms with Crippen LogP contribution in [0.1, 0.15) is 11.3 Å². The van der Waals surface area contributed by atoms with Crippen LogP contribution in [0.3, 0.4) is 0 Å². The van der Waals surface area contributed by atoms with Crippen LogP contribution >= 0.6 is 0 Å². The van der Waals surface area contributed by atoms with Gasteiger partial charge in [-0.25, -0.2) is 0 Å². The lowest BCUT2D eigenvalue weighted by Crippen LogP contribution is -2.10. The SMILES string of the molecule is NCCc1cccn1COCc1ccccc1. The van der Waals surface area contributed by atoms with E-state index in [4.69, 9.17) is 10.5 Å². The van der Waals surface area contributed by atoms with Gasteiger partial charge in [-0.15, -0.1) is 0 Å². The molecule has 0 radical (unpaired) electrons. The summed E-state index contributed by atoms with van der Waals surface area (Å²) in [6.45, 7) is 1.89. The van der Waals surface area contributed by atoms with Gasteiger partial charge in [0.05, 0.1) is 6.61 Å². The third-order valence-electron chi connectivity index (χ3n) is 2.67. The molecule has 90 valence electrons. The van der Waals surface area contributed by atoms with Gasteiger partial charge in [0, 0.05) is 11.9 Å². The highest BCUT2D eigenvalue weighted by atomic mass is 16.5. The highest BCUT2D eigenvalue weighted by Crippen LogP contribution is 2.05. The monoisotopic (exact) mass is 230 g/mol. The van der Waals surface area contributed by atoms with Crippen molar-refractivity contribution in [3.05, 3.63) is 59.9 Å². The van der Waals surface area contributed by atoms with E-state index < -0.39 is 0 Å². The molecule has 0 amide bonds. The van der Waals surface area contributed by atoms with Crippen molar-refractivity contribution in [1.29, 1.82) is 0 Å². The van der Waals surface area contributed by atoms with Crippen molar-refractivity contribution >= 4 is 0 Å². The van der Waals surface area contributed by atoms with Crippen LogP contribution in [0.15, 0.2) is 48.7 Å². The highest BCUT2D eigenvalue weighted by Gasteiger charge is 1.99. The molecule has 1 aromatic heterocycles. The average Bonchev–Trinajstić information content (AvgIpc) is 2.79. The minimum Gasteiger partial charge on any atom is -0.356 e. The predicted octanol–water partition coefficient (Wildman–Crippen LogP) is 2.16. The molecule has 2 aromatic rings. The Morgan fingerprint density at radius 2 is 1.88 bits per heavy atom. The number of nitrogens with zero attached hydrogens (tertiary/aromatic N) is 1. The summed E-state index contributed by atoms with van der Waals surface area (Å²) in [5, 5.41) is 0. The van der Waals surface area contributed by atoms with Crippen molar-refractivity contribution in [1.82, 2.24) is 4.57 Å². The number of benzene rings is 1. The van der Waals surface area contributed by atoms with E-state index in [9.17, 15) is 0 Å². The molecule has 17 heavy (non-hydrogen) atoms. The zero-order chi connectivity index (χ0) is 11.9. The smallest absolute Gasteiger partial charge is 0.123 e. The Bertz CT molecular complexity index is 436. The molecular formula is C14H18N2O. The van der Waals surface area contributed by atoms with Crippen LogP contribution in [-0.4, -0.2) is 11.1 Å². The maximum Gasteiger partial charge on any atom is 0.123 e. The molecule has 0 atom stereocenters. The van der Waals surface area contributed by atoms with Gasteiger partial charge in [0.15, 0.2) is 0 Å². The quantitative estimate of drug-likeness (QED) is 0.826. The molecule has 1 aromatic carbocycles. The summed E-state index contributed by atoms with van der Waals surface area (Å²) in [6, 6.07) is 14.3. The zero-order valence-electron chi connectivity index (χ0n) is 9.88. The Morgan fingerprint density at radius 1 is 1.06 bits per heavy atom. The molecule has 3 heteroatoms. The van der Waals surface area contributed by atoms with Crippen LogP contribution in [0.5, 0.6) is 0 Å². The third kappa shape index (κ3) is 3.44. The Labute approximate surface area is 102 Å². The summed E-state index contributed by atoms with van der Waals surface area (Å²) < 4.78 is 7.77. The van der Waals surface area contributed by atoms with E-state index in [1.54, 1.807) is 0 Å². The number of aromatic nitrogens is 1. The van der Waals surface area contributed by atoms with E-state index in [1.807, 2.05) is 30.5 Å². The van der Waals surface area contributed by atoms with Crippen molar-refractivity contribution in [2.45, 2.75) is 19.8 Å². The second kappa shape index (κ2) is 6.23. The van der Waals surface area contributed by atoms with Crippen LogP contribution in [-0.2, 0) is 24.5 Å². The van der Waals surface area contributed by atoms with Crippen LogP contribution in [0.4, 0.5) is 0 Å². The van der Waals surface area contributed by atoms with Crippen molar-refractivity contribution in [3.8, 4) is 0 Å². The molecule has 3 nitrogen and oxygen atoms in total. The van der Waals surface area contributed by atoms with Crippen LogP contribution in [0.25, 0.3) is 0 Å². The maximum absolute atomic E-state index is 5.67. The summed E-state index contributed by atoms with van der Waals surface area (Å²) in [5.41, 5.74) is 7.97. The summed E-state index contributed by atoms with van der Waals surface area (Å²) in [6.07, 6.45) is 2.91. The van der Waals surface area contributed by atoms with E-state index in [0.29, 0.717) is 19.9 Å². The second-order valence-corrected chi connectivity index (χ2v) is 3.97. The standard InChI is InChI=1S/C14H18N2O/c15-9-8-14-7-4-10-16(14)12-17-11-13-5-2-1-3-6-13/h1-7,10H,8-9,11-12,15H2. The minimum absolute atomic E-state index is 0.581. The average molecular weight is 230 g/mol. The molecule has 2 rings (SSSR count). The van der Waals surface area contributed by atoms with Gasteiger partial charge in [-0.3, -0.25) is 0 Å². The lowest BCUT2D eigenvalue weighted by molar-refractivity contribution is 0.0626. The molecule has 0 bridgehead atoms. The van der Waals surface area contributed by atoms with Crippen molar-refractivity contribution < 1.29 is 4.74 Å². The van der Waals surface area contributed by atoms with E-state index in [1.165, 1.54) is 11.3 Å². The first-order valence-electron chi connectivity index (χ1n) is 5.86. The Hall–Kier alpha value is -1.58. The fourth-order valence-electron chi connectivity index (χ4n) is 1.79. The zero-order valence-corrected chi connectivity index (χ0v) is 9.88. The molecule has 0 spiro atoms. The van der Waals surface area contributed by atoms with Gasteiger partial charge >= 0.3 is 0 Å². The number of hydrogen-bond acceptors (Lipinski definition) is 2. The normalized spacial score (nSPS) is 10.6. The second-order valence-electron chi connectivity index (χ2n) is 3.97. The summed E-state index contributed by atoms with van der Waals surface area (Å²) >= 11 is 0. The Kier molecular flexibility index (Phi) is 4.36. The molecule has 0 aliphatic carbocycles. The molecule has 1 heterocycles. The molecule has 0 saturated heterocycles. The first-order chi connectivity index (χ1) is 8.40. The topological polar surface area (TPSA) is 40.2 Å². The van der Waals surface area contributed by atoms with Gasteiger partial charge in [-0.1, -0.05) is 30.3 Å². The Morgan fingerprint density at radius 3 is 2.65 bits per heavy atom. The van der Waals surface area contributed by atoms with Gasteiger partial charge in [0.2, 0.25) is 0 Å². The van der Waals surface area contributed by atoms with Gasteiger partial charge < -0.3 is 15.0 Å². The first-order valence-corrected chi connectivity index (χ1v) is 5.86. The van der Waals surface area contributed by atoms with Gasteiger partial charge in [-0.05, 0) is 30.7 Å². The predicted molar refractivity (Wildman–Crippen MR) is 68.4 cm³/mol. The fourth-order valence-corrected chi connectivity index (χ4v) is 1.79. The number of ether oxygens (including phenoxy) is 1. The summed E-state index contributed by atoms with van der Waals surface area (Å²) in [4.78, 5) is 0. The first kappa shape index (κ1) is 11.9. The Balaban J connectivity index is 1.84. The number of rotatable bonds is 6. The number of nitrogens with two attached hydrogens (primary N) is 1. The van der Waals surface area contributed by atoms with E-state index in [-0.39, 0.29) is 0 Å². The summed E-state index contributed by atoms with van der Waals surface area (Å²) in [5.74, 6) is 0. The third-order valence-corrected chi connectivity index (χ3v) is 2.67. The highest BCUT2D eigenvalue weighted by molar-refractivity contribution is 5.13. The molecular weight excluding hydrogens is 212 g/mol. The number of hydrogen-bond donors (Lipinski definition) is 1. The van der Waals surface area contributed by atoms with Gasteiger partial charge in [0.25, 0.3) is 0 Å². The van der Waals surface area contributed by atoms with Crippen LogP contribution in [0, 0.1) is 0 Å². The van der Waals surface area contributed by atoms with Gasteiger partial charge in [0.1, 0.15) is 6.73 Å². The van der Waals surface area contributed by atoms with Gasteiger partial charge in [-0.2, -0.15) is 0 Å². The maximum atomic E-state index is 5.67. The molecule has 2 N–H and O–H groups in total. The minimum atomic E-state index is 0.581. The van der Waals surface area contributed by atoms with E-state index in [2.05, 4.69) is 22.8 Å². The van der Waals surface area contributed by atoms with E-state index >= 15 is 0 Å². The van der Waals surface area contributed by atoms with Crippen LogP contribution in [0.2, 0.25) is 0 Å². The molecule has 0 unspecified atom stereocenters.